The molecule has 0 spiro atoms. The summed E-state index contributed by atoms with van der Waals surface area (Å²) in [5.41, 5.74) is 1.60. The molecule has 1 N–H and O–H groups in total. The number of non-ortho nitro benzene ring substituents is 1. The molecule has 1 aromatic heterocycles. The zero-order valence-electron chi connectivity index (χ0n) is 15.8. The minimum Gasteiger partial charge on any atom is -0.388 e. The van der Waals surface area contributed by atoms with Crippen LogP contribution in [0.1, 0.15) is 36.8 Å². The van der Waals surface area contributed by atoms with Crippen molar-refractivity contribution in [3.05, 3.63) is 79.7 Å². The van der Waals surface area contributed by atoms with Gasteiger partial charge >= 0.3 is 0 Å². The Hall–Kier alpha value is -2.06. The molecule has 0 atom stereocenters. The normalized spacial score (nSPS) is 11.2. The zero-order chi connectivity index (χ0) is 21.1. The molecule has 0 amide bonds. The number of hydrogen-bond acceptors (Lipinski definition) is 5. The summed E-state index contributed by atoms with van der Waals surface area (Å²) in [4.78, 5) is 16.1. The number of halogens is 2. The maximum absolute atomic E-state index is 11.1. The van der Waals surface area contributed by atoms with Gasteiger partial charge in [-0.3, -0.25) is 10.1 Å². The van der Waals surface area contributed by atoms with Crippen LogP contribution in [-0.4, -0.2) is 19.6 Å². The van der Waals surface area contributed by atoms with Crippen LogP contribution in [0.2, 0.25) is 10.0 Å². The summed E-state index contributed by atoms with van der Waals surface area (Å²) in [7, 11) is 0. The van der Waals surface area contributed by atoms with Crippen LogP contribution in [0.5, 0.6) is 0 Å². The van der Waals surface area contributed by atoms with Gasteiger partial charge in [-0.15, -0.1) is 0 Å². The summed E-state index contributed by atoms with van der Waals surface area (Å²) < 4.78 is 1.88. The predicted octanol–water partition coefficient (Wildman–Crippen LogP) is 5.91. The molecule has 0 saturated heterocycles. The molecule has 0 aliphatic heterocycles. The number of nitro groups is 1. The van der Waals surface area contributed by atoms with E-state index in [0.29, 0.717) is 22.4 Å². The van der Waals surface area contributed by atoms with Crippen LogP contribution in [0.4, 0.5) is 5.69 Å². The van der Waals surface area contributed by atoms with Crippen LogP contribution in [0.15, 0.2) is 52.4 Å². The Bertz CT molecular complexity index is 1030. The second-order valence-electron chi connectivity index (χ2n) is 6.75. The van der Waals surface area contributed by atoms with Crippen molar-refractivity contribution in [3.8, 4) is 0 Å². The first-order valence-corrected chi connectivity index (χ1v) is 10.4. The molecular formula is C20H19Cl2N3O3S. The third-order valence-corrected chi connectivity index (χ3v) is 5.76. The molecule has 6 nitrogen and oxygen atoms in total. The van der Waals surface area contributed by atoms with Gasteiger partial charge < -0.3 is 9.67 Å². The van der Waals surface area contributed by atoms with Crippen LogP contribution in [0, 0.1) is 10.1 Å². The van der Waals surface area contributed by atoms with Gasteiger partial charge in [0.05, 0.1) is 17.2 Å². The maximum atomic E-state index is 11.1. The topological polar surface area (TPSA) is 81.2 Å². The summed E-state index contributed by atoms with van der Waals surface area (Å²) in [6.45, 7) is 4.14. The molecule has 0 aliphatic rings. The molecule has 0 bridgehead atoms. The average Bonchev–Trinajstić information content (AvgIpc) is 2.98. The fourth-order valence-electron chi connectivity index (χ4n) is 2.92. The molecule has 0 aliphatic carbocycles. The minimum atomic E-state index is -0.423. The van der Waals surface area contributed by atoms with Crippen LogP contribution >= 0.6 is 35.0 Å². The zero-order valence-corrected chi connectivity index (χ0v) is 18.1. The Labute approximate surface area is 182 Å². The summed E-state index contributed by atoms with van der Waals surface area (Å²) in [5.74, 6) is 0.611. The van der Waals surface area contributed by atoms with Crippen molar-refractivity contribution in [1.82, 2.24) is 9.55 Å². The van der Waals surface area contributed by atoms with E-state index in [9.17, 15) is 15.2 Å². The average molecular weight is 452 g/mol. The Morgan fingerprint density at radius 1 is 1.21 bits per heavy atom. The van der Waals surface area contributed by atoms with E-state index in [-0.39, 0.29) is 18.2 Å². The van der Waals surface area contributed by atoms with Gasteiger partial charge in [-0.2, -0.15) is 0 Å². The third kappa shape index (κ3) is 5.11. The molecule has 3 aromatic rings. The summed E-state index contributed by atoms with van der Waals surface area (Å²) in [6.07, 6.45) is 0. The molecule has 1 heterocycles. The molecule has 9 heteroatoms. The first-order chi connectivity index (χ1) is 13.8. The lowest BCUT2D eigenvalue weighted by atomic mass is 10.1. The third-order valence-electron chi connectivity index (χ3n) is 4.23. The van der Waals surface area contributed by atoms with Gasteiger partial charge in [0, 0.05) is 27.1 Å². The minimum absolute atomic E-state index is 0.0214. The number of hydrogen-bond donors (Lipinski definition) is 1. The highest BCUT2D eigenvalue weighted by Gasteiger charge is 2.21. The summed E-state index contributed by atoms with van der Waals surface area (Å²) in [6, 6.07) is 11.7. The van der Waals surface area contributed by atoms with Crippen molar-refractivity contribution in [2.24, 2.45) is 0 Å². The van der Waals surface area contributed by atoms with Gasteiger partial charge in [0.15, 0.2) is 0 Å². The second kappa shape index (κ2) is 9.17. The number of aliphatic hydroxyl groups excluding tert-OH is 1. The van der Waals surface area contributed by atoms with Crippen LogP contribution in [0.25, 0.3) is 0 Å². The fraction of sp³-hybridized carbons (Fsp3) is 0.250. The molecule has 0 unspecified atom stereocenters. The quantitative estimate of drug-likeness (QED) is 0.356. The van der Waals surface area contributed by atoms with Crippen LogP contribution in [-0.2, 0) is 13.2 Å². The van der Waals surface area contributed by atoms with E-state index in [4.69, 9.17) is 23.2 Å². The van der Waals surface area contributed by atoms with E-state index in [2.05, 4.69) is 4.98 Å². The molecule has 0 saturated carbocycles. The van der Waals surface area contributed by atoms with Crippen molar-refractivity contribution in [3.63, 3.8) is 0 Å². The van der Waals surface area contributed by atoms with E-state index in [1.54, 1.807) is 12.1 Å². The van der Waals surface area contributed by atoms with Crippen LogP contribution in [0.3, 0.4) is 0 Å². The van der Waals surface area contributed by atoms with Gasteiger partial charge in [-0.1, -0.05) is 60.9 Å². The Balaban J connectivity index is 2.07. The molecule has 29 heavy (non-hydrogen) atoms. The Kier molecular flexibility index (Phi) is 6.85. The summed E-state index contributed by atoms with van der Waals surface area (Å²) in [5, 5.41) is 22.9. The number of nitro benzene ring substituents is 1. The highest BCUT2D eigenvalue weighted by Crippen LogP contribution is 2.37. The van der Waals surface area contributed by atoms with E-state index in [1.807, 2.05) is 36.6 Å². The molecule has 0 fully saturated rings. The van der Waals surface area contributed by atoms with Crippen molar-refractivity contribution in [2.75, 3.05) is 0 Å². The lowest BCUT2D eigenvalue weighted by Crippen LogP contribution is -2.07. The van der Waals surface area contributed by atoms with Crippen molar-refractivity contribution < 1.29 is 10.0 Å². The molecule has 0 radical (unpaired) electrons. The molecule has 2 aromatic carbocycles. The van der Waals surface area contributed by atoms with Crippen molar-refractivity contribution in [1.29, 1.82) is 0 Å². The van der Waals surface area contributed by atoms with Crippen LogP contribution < -0.4 is 0 Å². The maximum Gasteiger partial charge on any atom is 0.269 e. The Morgan fingerprint density at radius 3 is 2.48 bits per heavy atom. The number of aromatic nitrogens is 2. The van der Waals surface area contributed by atoms with Crippen molar-refractivity contribution >= 4 is 40.7 Å². The second-order valence-corrected chi connectivity index (χ2v) is 8.69. The molecular weight excluding hydrogens is 433 g/mol. The number of aliphatic hydroxyl groups is 1. The van der Waals surface area contributed by atoms with Gasteiger partial charge in [0.2, 0.25) is 0 Å². The molecule has 3 rings (SSSR count). The van der Waals surface area contributed by atoms with E-state index >= 15 is 0 Å². The van der Waals surface area contributed by atoms with Gasteiger partial charge in [0.25, 0.3) is 5.69 Å². The van der Waals surface area contributed by atoms with Crippen molar-refractivity contribution in [2.45, 2.75) is 42.8 Å². The standard InChI is InChI=1S/C20H19Cl2N3O3S/c1-12(2)19-20(29-17-8-14(21)7-15(22)9-17)24(18(11-26)23-19)10-13-4-3-5-16(6-13)25(27)28/h3-9,12,26H,10-11H2,1-2H3. The number of rotatable bonds is 7. The monoisotopic (exact) mass is 451 g/mol. The lowest BCUT2D eigenvalue weighted by Gasteiger charge is -2.13. The number of benzene rings is 2. The first-order valence-electron chi connectivity index (χ1n) is 8.86. The fourth-order valence-corrected chi connectivity index (χ4v) is 4.84. The summed E-state index contributed by atoms with van der Waals surface area (Å²) >= 11 is 13.7. The lowest BCUT2D eigenvalue weighted by molar-refractivity contribution is -0.384. The Morgan fingerprint density at radius 2 is 1.90 bits per heavy atom. The van der Waals surface area contributed by atoms with Gasteiger partial charge in [0.1, 0.15) is 17.5 Å². The highest BCUT2D eigenvalue weighted by molar-refractivity contribution is 7.99. The SMILES string of the molecule is CC(C)c1nc(CO)n(Cc2cccc([N+](=O)[O-])c2)c1Sc1cc(Cl)cc(Cl)c1. The largest absolute Gasteiger partial charge is 0.388 e. The van der Waals surface area contributed by atoms with Gasteiger partial charge in [-0.05, 0) is 29.7 Å². The van der Waals surface area contributed by atoms with E-state index in [0.717, 1.165) is 21.2 Å². The molecule has 152 valence electrons. The number of imidazole rings is 1. The number of nitrogens with zero attached hydrogens (tertiary/aromatic N) is 3. The van der Waals surface area contributed by atoms with E-state index < -0.39 is 4.92 Å². The highest BCUT2D eigenvalue weighted by atomic mass is 35.5. The predicted molar refractivity (Wildman–Crippen MR) is 115 cm³/mol. The van der Waals surface area contributed by atoms with Gasteiger partial charge in [-0.25, -0.2) is 4.98 Å². The first kappa shape index (κ1) is 21.6. The van der Waals surface area contributed by atoms with E-state index in [1.165, 1.54) is 23.9 Å². The smallest absolute Gasteiger partial charge is 0.269 e.